The molecule has 0 N–H and O–H groups in total. The van der Waals surface area contributed by atoms with Gasteiger partial charge in [-0.15, -0.1) is 0 Å². The van der Waals surface area contributed by atoms with Crippen LogP contribution in [0.25, 0.3) is 5.65 Å². The summed E-state index contributed by atoms with van der Waals surface area (Å²) in [5.41, 5.74) is 1.19. The maximum absolute atomic E-state index is 13.9. The summed E-state index contributed by atoms with van der Waals surface area (Å²) in [6.07, 6.45) is 1.99. The van der Waals surface area contributed by atoms with E-state index >= 15 is 0 Å². The smallest absolute Gasteiger partial charge is 0.173 e. The van der Waals surface area contributed by atoms with Gasteiger partial charge in [-0.2, -0.15) is 0 Å². The molecule has 0 radical (unpaired) electrons. The lowest BCUT2D eigenvalue weighted by molar-refractivity contribution is 0.361. The lowest BCUT2D eigenvalue weighted by Crippen LogP contribution is -2.00. The van der Waals surface area contributed by atoms with E-state index in [1.165, 1.54) is 13.0 Å². The van der Waals surface area contributed by atoms with E-state index in [9.17, 15) is 8.78 Å². The zero-order valence-electron chi connectivity index (χ0n) is 9.54. The molecular weight excluding hydrogens is 210 g/mol. The monoisotopic (exact) mass is 224 g/mol. The Kier molecular flexibility index (Phi) is 2.66. The highest BCUT2D eigenvalue weighted by atomic mass is 19.1. The lowest BCUT2D eigenvalue weighted by Gasteiger charge is -2.08. The molecule has 2 aromatic rings. The van der Waals surface area contributed by atoms with Crippen LogP contribution < -0.4 is 0 Å². The fourth-order valence-electron chi connectivity index (χ4n) is 1.78. The molecule has 4 heteroatoms. The molecule has 16 heavy (non-hydrogen) atoms. The highest BCUT2D eigenvalue weighted by Gasteiger charge is 2.16. The van der Waals surface area contributed by atoms with Crippen molar-refractivity contribution in [1.29, 1.82) is 0 Å². The number of nitrogens with zero attached hydrogens (tertiary/aromatic N) is 2. The molecule has 1 atom stereocenters. The first-order chi connectivity index (χ1) is 7.52. The number of imidazole rings is 1. The maximum atomic E-state index is 13.9. The Bertz CT molecular complexity index is 515. The van der Waals surface area contributed by atoms with Crippen LogP contribution in [-0.4, -0.2) is 9.38 Å². The summed E-state index contributed by atoms with van der Waals surface area (Å²) < 4.78 is 28.7. The van der Waals surface area contributed by atoms with Crippen LogP contribution in [0.5, 0.6) is 0 Å². The molecule has 0 aromatic carbocycles. The van der Waals surface area contributed by atoms with E-state index in [2.05, 4.69) is 4.98 Å². The molecule has 1 unspecified atom stereocenters. The minimum absolute atomic E-state index is 0.0633. The summed E-state index contributed by atoms with van der Waals surface area (Å²) in [5, 5.41) is 0. The number of halogens is 2. The van der Waals surface area contributed by atoms with Crippen molar-refractivity contribution in [3.8, 4) is 0 Å². The first-order valence-corrected chi connectivity index (χ1v) is 5.31. The van der Waals surface area contributed by atoms with Crippen molar-refractivity contribution < 1.29 is 8.78 Å². The van der Waals surface area contributed by atoms with Crippen LogP contribution in [0.3, 0.4) is 0 Å². The number of fused-ring (bicyclic) bond motifs is 1. The zero-order valence-corrected chi connectivity index (χ0v) is 9.54. The van der Waals surface area contributed by atoms with Crippen LogP contribution in [-0.2, 0) is 0 Å². The number of hydrogen-bond donors (Lipinski definition) is 0. The maximum Gasteiger partial charge on any atom is 0.173 e. The topological polar surface area (TPSA) is 17.3 Å². The van der Waals surface area contributed by atoms with Gasteiger partial charge in [0.25, 0.3) is 0 Å². The van der Waals surface area contributed by atoms with Gasteiger partial charge in [0.1, 0.15) is 6.17 Å². The van der Waals surface area contributed by atoms with Gasteiger partial charge in [-0.25, -0.2) is 13.8 Å². The second-order valence-corrected chi connectivity index (χ2v) is 4.23. The van der Waals surface area contributed by atoms with Crippen LogP contribution in [0.2, 0.25) is 0 Å². The molecule has 0 saturated heterocycles. The highest BCUT2D eigenvalue weighted by Crippen LogP contribution is 2.25. The van der Waals surface area contributed by atoms with Crippen molar-refractivity contribution in [2.75, 3.05) is 0 Å². The molecule has 0 fully saturated rings. The van der Waals surface area contributed by atoms with E-state index in [4.69, 9.17) is 0 Å². The average molecular weight is 224 g/mol. The molecule has 0 spiro atoms. The molecule has 2 rings (SSSR count). The molecule has 86 valence electrons. The summed E-state index contributed by atoms with van der Waals surface area (Å²) >= 11 is 0. The summed E-state index contributed by atoms with van der Waals surface area (Å²) in [5.74, 6) is -0.313. The van der Waals surface area contributed by atoms with Crippen LogP contribution in [0.4, 0.5) is 8.78 Å². The largest absolute Gasteiger partial charge is 0.301 e. The molecule has 0 saturated carbocycles. The van der Waals surface area contributed by atoms with Crippen LogP contribution in [0.1, 0.15) is 44.1 Å². The first kappa shape index (κ1) is 11.0. The van der Waals surface area contributed by atoms with Crippen molar-refractivity contribution in [2.24, 2.45) is 0 Å². The van der Waals surface area contributed by atoms with Crippen LogP contribution >= 0.6 is 0 Å². The Labute approximate surface area is 92.9 Å². The summed E-state index contributed by atoms with van der Waals surface area (Å²) in [6.45, 7) is 5.33. The lowest BCUT2D eigenvalue weighted by atomic mass is 10.1. The minimum Gasteiger partial charge on any atom is -0.301 e. The van der Waals surface area contributed by atoms with E-state index in [0.717, 1.165) is 5.69 Å². The van der Waals surface area contributed by atoms with E-state index in [0.29, 0.717) is 0 Å². The van der Waals surface area contributed by atoms with Gasteiger partial charge in [0.15, 0.2) is 11.5 Å². The summed E-state index contributed by atoms with van der Waals surface area (Å²) in [4.78, 5) is 4.00. The highest BCUT2D eigenvalue weighted by molar-refractivity contribution is 5.46. The number of hydrogen-bond acceptors (Lipinski definition) is 1. The molecular formula is C12H14F2N2. The number of pyridine rings is 1. The van der Waals surface area contributed by atoms with E-state index in [-0.39, 0.29) is 17.1 Å². The summed E-state index contributed by atoms with van der Waals surface area (Å²) in [7, 11) is 0. The number of aromatic nitrogens is 2. The fraction of sp³-hybridized carbons (Fsp3) is 0.417. The molecule has 0 aliphatic carbocycles. The molecule has 0 amide bonds. The van der Waals surface area contributed by atoms with Gasteiger partial charge in [0.05, 0.1) is 0 Å². The van der Waals surface area contributed by atoms with Gasteiger partial charge >= 0.3 is 0 Å². The van der Waals surface area contributed by atoms with Gasteiger partial charge in [-0.1, -0.05) is 13.8 Å². The third-order valence-electron chi connectivity index (χ3n) is 2.70. The Balaban J connectivity index is 2.69. The molecule has 0 bridgehead atoms. The van der Waals surface area contributed by atoms with Crippen LogP contribution in [0.15, 0.2) is 18.5 Å². The van der Waals surface area contributed by atoms with Gasteiger partial charge < -0.3 is 4.40 Å². The first-order valence-electron chi connectivity index (χ1n) is 5.31. The average Bonchev–Trinajstić information content (AvgIpc) is 2.61. The van der Waals surface area contributed by atoms with Crippen molar-refractivity contribution in [2.45, 2.75) is 32.9 Å². The third kappa shape index (κ3) is 1.58. The third-order valence-corrected chi connectivity index (χ3v) is 2.70. The second kappa shape index (κ2) is 3.85. The Hall–Kier alpha value is -1.45. The predicted octanol–water partition coefficient (Wildman–Crippen LogP) is 3.63. The van der Waals surface area contributed by atoms with E-state index in [1.54, 1.807) is 16.8 Å². The molecule has 2 aromatic heterocycles. The van der Waals surface area contributed by atoms with Gasteiger partial charge in [0.2, 0.25) is 0 Å². The molecule has 2 heterocycles. The Morgan fingerprint density at radius 3 is 2.56 bits per heavy atom. The minimum atomic E-state index is -1.32. The van der Waals surface area contributed by atoms with Crippen molar-refractivity contribution >= 4 is 5.65 Å². The normalized spacial score (nSPS) is 13.6. The fourth-order valence-corrected chi connectivity index (χ4v) is 1.78. The predicted molar refractivity (Wildman–Crippen MR) is 58.8 cm³/mol. The van der Waals surface area contributed by atoms with Crippen molar-refractivity contribution in [3.63, 3.8) is 0 Å². The van der Waals surface area contributed by atoms with E-state index in [1.807, 2.05) is 13.8 Å². The van der Waals surface area contributed by atoms with Crippen LogP contribution in [0, 0.1) is 5.82 Å². The Morgan fingerprint density at radius 1 is 1.31 bits per heavy atom. The van der Waals surface area contributed by atoms with Gasteiger partial charge in [-0.05, 0) is 18.9 Å². The van der Waals surface area contributed by atoms with E-state index < -0.39 is 12.0 Å². The number of rotatable bonds is 2. The summed E-state index contributed by atoms with van der Waals surface area (Å²) in [6, 6.07) is 1.47. The zero-order chi connectivity index (χ0) is 11.9. The van der Waals surface area contributed by atoms with Crippen molar-refractivity contribution in [1.82, 2.24) is 9.38 Å². The number of alkyl halides is 1. The molecule has 0 aliphatic rings. The standard InChI is InChI=1S/C12H14F2N2/c1-7(2)10-6-15-12-11(14)9(8(3)13)4-5-16(10)12/h4-8H,1-3H3. The van der Waals surface area contributed by atoms with Gasteiger partial charge in [-0.3, -0.25) is 0 Å². The quantitative estimate of drug-likeness (QED) is 0.761. The second-order valence-electron chi connectivity index (χ2n) is 4.23. The van der Waals surface area contributed by atoms with Crippen molar-refractivity contribution in [3.05, 3.63) is 35.5 Å². The molecule has 0 aliphatic heterocycles. The molecule has 2 nitrogen and oxygen atoms in total. The SMILES string of the molecule is CC(C)c1cnc2c(F)c(C(C)F)ccn12. The van der Waals surface area contributed by atoms with Gasteiger partial charge in [0, 0.05) is 23.7 Å². The Morgan fingerprint density at radius 2 is 2.00 bits per heavy atom.